The molecule has 80 valence electrons. The van der Waals surface area contributed by atoms with Crippen LogP contribution in [0.15, 0.2) is 0 Å². The van der Waals surface area contributed by atoms with Crippen molar-refractivity contribution in [2.45, 2.75) is 52.4 Å². The summed E-state index contributed by atoms with van der Waals surface area (Å²) in [5.74, 6) is 0.161. The van der Waals surface area contributed by atoms with Crippen LogP contribution >= 0.6 is 0 Å². The number of ketones is 2. The Kier molecular flexibility index (Phi) is 4.30. The third-order valence-electron chi connectivity index (χ3n) is 3.16. The van der Waals surface area contributed by atoms with E-state index >= 15 is 0 Å². The second-order valence-electron chi connectivity index (χ2n) is 4.32. The van der Waals surface area contributed by atoms with Crippen molar-refractivity contribution in [1.82, 2.24) is 0 Å². The van der Waals surface area contributed by atoms with E-state index in [4.69, 9.17) is 0 Å². The van der Waals surface area contributed by atoms with Gasteiger partial charge in [-0.3, -0.25) is 9.59 Å². The summed E-state index contributed by atoms with van der Waals surface area (Å²) in [7, 11) is 0. The topological polar surface area (TPSA) is 34.1 Å². The zero-order valence-electron chi connectivity index (χ0n) is 9.21. The van der Waals surface area contributed by atoms with Crippen molar-refractivity contribution < 1.29 is 9.59 Å². The van der Waals surface area contributed by atoms with Gasteiger partial charge in [0.05, 0.1) is 5.92 Å². The molecule has 1 aliphatic carbocycles. The highest BCUT2D eigenvalue weighted by Crippen LogP contribution is 2.28. The highest BCUT2D eigenvalue weighted by atomic mass is 16.2. The average molecular weight is 196 g/mol. The van der Waals surface area contributed by atoms with E-state index in [1.807, 2.05) is 6.92 Å². The van der Waals surface area contributed by atoms with Gasteiger partial charge in [0.1, 0.15) is 11.6 Å². The fourth-order valence-corrected chi connectivity index (χ4v) is 2.19. The zero-order chi connectivity index (χ0) is 10.6. The second kappa shape index (κ2) is 5.28. The number of hydrogen-bond acceptors (Lipinski definition) is 2. The Bertz CT molecular complexity index is 214. The molecule has 14 heavy (non-hydrogen) atoms. The van der Waals surface area contributed by atoms with Crippen LogP contribution < -0.4 is 0 Å². The molecule has 1 aliphatic rings. The predicted octanol–water partition coefficient (Wildman–Crippen LogP) is 2.75. The molecule has 1 rings (SSSR count). The van der Waals surface area contributed by atoms with E-state index in [-0.39, 0.29) is 23.4 Å². The van der Waals surface area contributed by atoms with Gasteiger partial charge in [-0.2, -0.15) is 0 Å². The quantitative estimate of drug-likeness (QED) is 0.633. The first-order chi connectivity index (χ1) is 6.66. The molecule has 0 saturated heterocycles. The monoisotopic (exact) mass is 196 g/mol. The Hall–Kier alpha value is -0.660. The van der Waals surface area contributed by atoms with Gasteiger partial charge in [-0.1, -0.05) is 19.8 Å². The summed E-state index contributed by atoms with van der Waals surface area (Å²) in [6, 6.07) is 0. The van der Waals surface area contributed by atoms with Crippen molar-refractivity contribution in [1.29, 1.82) is 0 Å². The fraction of sp³-hybridized carbons (Fsp3) is 0.833. The number of carbonyl (C=O) groups is 2. The van der Waals surface area contributed by atoms with E-state index < -0.39 is 0 Å². The lowest BCUT2D eigenvalue weighted by atomic mass is 9.88. The molecule has 1 atom stereocenters. The molecular weight excluding hydrogens is 176 g/mol. The van der Waals surface area contributed by atoms with E-state index in [2.05, 4.69) is 0 Å². The lowest BCUT2D eigenvalue weighted by molar-refractivity contribution is -0.134. The van der Waals surface area contributed by atoms with E-state index in [0.29, 0.717) is 6.42 Å². The predicted molar refractivity (Wildman–Crippen MR) is 56.0 cm³/mol. The fourth-order valence-electron chi connectivity index (χ4n) is 2.19. The van der Waals surface area contributed by atoms with E-state index in [1.165, 1.54) is 0 Å². The second-order valence-corrected chi connectivity index (χ2v) is 4.32. The summed E-state index contributed by atoms with van der Waals surface area (Å²) in [4.78, 5) is 23.4. The lowest BCUT2D eigenvalue weighted by Crippen LogP contribution is -2.26. The molecule has 0 spiro atoms. The molecule has 0 bridgehead atoms. The van der Waals surface area contributed by atoms with Gasteiger partial charge >= 0.3 is 0 Å². The highest BCUT2D eigenvalue weighted by molar-refractivity contribution is 6.02. The Morgan fingerprint density at radius 2 is 1.86 bits per heavy atom. The summed E-state index contributed by atoms with van der Waals surface area (Å²) in [5, 5.41) is 0. The molecule has 0 aromatic heterocycles. The SMILES string of the molecule is CCCC(=O)C(C)C(=O)C1CCCC1. The van der Waals surface area contributed by atoms with Crippen molar-refractivity contribution >= 4 is 11.6 Å². The molecule has 0 heterocycles. The van der Waals surface area contributed by atoms with Crippen LogP contribution in [0.2, 0.25) is 0 Å². The molecule has 0 aromatic carbocycles. The van der Waals surface area contributed by atoms with Gasteiger partial charge in [0.2, 0.25) is 0 Å². The Morgan fingerprint density at radius 1 is 1.29 bits per heavy atom. The normalized spacial score (nSPS) is 19.6. The maximum Gasteiger partial charge on any atom is 0.146 e. The molecule has 2 heteroatoms. The maximum atomic E-state index is 11.8. The minimum Gasteiger partial charge on any atom is -0.299 e. The minimum absolute atomic E-state index is 0.129. The van der Waals surface area contributed by atoms with Gasteiger partial charge < -0.3 is 0 Å². The van der Waals surface area contributed by atoms with Gasteiger partial charge in [-0.05, 0) is 26.2 Å². The smallest absolute Gasteiger partial charge is 0.146 e. The standard InChI is InChI=1S/C12H20O2/c1-3-6-11(13)9(2)12(14)10-7-4-5-8-10/h9-10H,3-8H2,1-2H3. The van der Waals surface area contributed by atoms with Gasteiger partial charge in [-0.15, -0.1) is 0 Å². The summed E-state index contributed by atoms with van der Waals surface area (Å²) >= 11 is 0. The van der Waals surface area contributed by atoms with E-state index in [0.717, 1.165) is 32.1 Å². The van der Waals surface area contributed by atoms with Crippen molar-refractivity contribution in [3.63, 3.8) is 0 Å². The first kappa shape index (κ1) is 11.4. The Balaban J connectivity index is 2.46. The molecule has 0 radical (unpaired) electrons. The van der Waals surface area contributed by atoms with Crippen LogP contribution in [0.25, 0.3) is 0 Å². The van der Waals surface area contributed by atoms with Crippen LogP contribution in [0.5, 0.6) is 0 Å². The first-order valence-electron chi connectivity index (χ1n) is 5.73. The first-order valence-corrected chi connectivity index (χ1v) is 5.73. The van der Waals surface area contributed by atoms with Crippen LogP contribution in [0.4, 0.5) is 0 Å². The molecule has 0 aliphatic heterocycles. The molecule has 0 N–H and O–H groups in total. The molecule has 1 fully saturated rings. The Labute approximate surface area is 86.1 Å². The van der Waals surface area contributed by atoms with Crippen LogP contribution in [0.3, 0.4) is 0 Å². The van der Waals surface area contributed by atoms with Gasteiger partial charge in [0.15, 0.2) is 0 Å². The van der Waals surface area contributed by atoms with E-state index in [1.54, 1.807) is 6.92 Å². The van der Waals surface area contributed by atoms with Crippen LogP contribution in [-0.2, 0) is 9.59 Å². The third kappa shape index (κ3) is 2.66. The summed E-state index contributed by atoms with van der Waals surface area (Å²) in [5.41, 5.74) is 0. The average Bonchev–Trinajstić information content (AvgIpc) is 2.68. The molecular formula is C12H20O2. The number of hydrogen-bond donors (Lipinski definition) is 0. The molecule has 1 saturated carbocycles. The van der Waals surface area contributed by atoms with Crippen LogP contribution in [0, 0.1) is 11.8 Å². The van der Waals surface area contributed by atoms with E-state index in [9.17, 15) is 9.59 Å². The maximum absolute atomic E-state index is 11.8. The minimum atomic E-state index is -0.349. The largest absolute Gasteiger partial charge is 0.299 e. The number of Topliss-reactive ketones (excluding diaryl/α,β-unsaturated/α-hetero) is 2. The van der Waals surface area contributed by atoms with Crippen LogP contribution in [-0.4, -0.2) is 11.6 Å². The summed E-state index contributed by atoms with van der Waals surface area (Å²) in [6.45, 7) is 3.75. The Morgan fingerprint density at radius 3 is 2.36 bits per heavy atom. The van der Waals surface area contributed by atoms with Gasteiger partial charge in [0.25, 0.3) is 0 Å². The van der Waals surface area contributed by atoms with Gasteiger partial charge in [-0.25, -0.2) is 0 Å². The number of carbonyl (C=O) groups excluding carboxylic acids is 2. The summed E-state index contributed by atoms with van der Waals surface area (Å²) in [6.07, 6.45) is 5.72. The highest BCUT2D eigenvalue weighted by Gasteiger charge is 2.29. The molecule has 2 nitrogen and oxygen atoms in total. The van der Waals surface area contributed by atoms with Crippen molar-refractivity contribution in [3.8, 4) is 0 Å². The molecule has 0 aromatic rings. The zero-order valence-corrected chi connectivity index (χ0v) is 9.21. The lowest BCUT2D eigenvalue weighted by Gasteiger charge is -2.13. The van der Waals surface area contributed by atoms with Crippen molar-refractivity contribution in [2.24, 2.45) is 11.8 Å². The number of rotatable bonds is 5. The van der Waals surface area contributed by atoms with Crippen LogP contribution in [0.1, 0.15) is 52.4 Å². The summed E-state index contributed by atoms with van der Waals surface area (Å²) < 4.78 is 0. The third-order valence-corrected chi connectivity index (χ3v) is 3.16. The van der Waals surface area contributed by atoms with Crippen molar-refractivity contribution in [2.75, 3.05) is 0 Å². The van der Waals surface area contributed by atoms with Crippen molar-refractivity contribution in [3.05, 3.63) is 0 Å². The molecule has 0 amide bonds. The molecule has 1 unspecified atom stereocenters. The van der Waals surface area contributed by atoms with Gasteiger partial charge in [0, 0.05) is 12.3 Å².